The number of thioether (sulfide) groups is 1. The van der Waals surface area contributed by atoms with Crippen LogP contribution in [0.3, 0.4) is 0 Å². The zero-order valence-corrected chi connectivity index (χ0v) is 14.7. The number of hydrogen-bond acceptors (Lipinski definition) is 3. The first-order valence-electron chi connectivity index (χ1n) is 6.98. The predicted molar refractivity (Wildman–Crippen MR) is 95.1 cm³/mol. The average Bonchev–Trinajstić information content (AvgIpc) is 2.93. The summed E-state index contributed by atoms with van der Waals surface area (Å²) in [5.74, 6) is 1.26. The lowest BCUT2D eigenvalue weighted by molar-refractivity contribution is 0.627. The van der Waals surface area contributed by atoms with Crippen molar-refractivity contribution in [2.24, 2.45) is 0 Å². The largest absolute Gasteiger partial charge is 0.271 e. The maximum Gasteiger partial charge on any atom is 0.199 e. The SMILES string of the molecule is Fc1ccc(CSCc2n[nH]c(=S)n2-c2ccc(F)c(Cl)c2)cc1. The van der Waals surface area contributed by atoms with E-state index in [0.29, 0.717) is 27.8 Å². The molecule has 0 aliphatic heterocycles. The van der Waals surface area contributed by atoms with Crippen LogP contribution in [0.1, 0.15) is 11.4 Å². The minimum absolute atomic E-state index is 0.0283. The molecule has 0 aliphatic rings. The molecule has 24 heavy (non-hydrogen) atoms. The van der Waals surface area contributed by atoms with E-state index in [1.807, 2.05) is 0 Å². The fourth-order valence-corrected chi connectivity index (χ4v) is 3.50. The molecule has 0 saturated heterocycles. The molecule has 0 atom stereocenters. The first kappa shape index (κ1) is 17.1. The van der Waals surface area contributed by atoms with Crippen molar-refractivity contribution in [3.8, 4) is 5.69 Å². The van der Waals surface area contributed by atoms with E-state index in [-0.39, 0.29) is 10.8 Å². The van der Waals surface area contributed by atoms with Gasteiger partial charge in [0.2, 0.25) is 0 Å². The predicted octanol–water partition coefficient (Wildman–Crippen LogP) is 5.29. The van der Waals surface area contributed by atoms with Crippen LogP contribution in [0.25, 0.3) is 5.69 Å². The van der Waals surface area contributed by atoms with Gasteiger partial charge < -0.3 is 0 Å². The summed E-state index contributed by atoms with van der Waals surface area (Å²) in [7, 11) is 0. The van der Waals surface area contributed by atoms with Crippen molar-refractivity contribution >= 4 is 35.6 Å². The highest BCUT2D eigenvalue weighted by Crippen LogP contribution is 2.23. The molecular weight excluding hydrogens is 372 g/mol. The second-order valence-electron chi connectivity index (χ2n) is 5.00. The minimum Gasteiger partial charge on any atom is -0.271 e. The van der Waals surface area contributed by atoms with Crippen molar-refractivity contribution in [2.75, 3.05) is 0 Å². The van der Waals surface area contributed by atoms with Crippen LogP contribution in [0, 0.1) is 16.4 Å². The highest BCUT2D eigenvalue weighted by Gasteiger charge is 2.10. The Morgan fingerprint density at radius 3 is 2.58 bits per heavy atom. The third-order valence-corrected chi connectivity index (χ3v) is 4.88. The molecule has 0 fully saturated rings. The number of benzene rings is 2. The molecule has 1 N–H and O–H groups in total. The van der Waals surface area contributed by atoms with Crippen LogP contribution in [-0.4, -0.2) is 14.8 Å². The van der Waals surface area contributed by atoms with Crippen molar-refractivity contribution in [3.05, 3.63) is 75.3 Å². The fraction of sp³-hybridized carbons (Fsp3) is 0.125. The maximum absolute atomic E-state index is 13.3. The summed E-state index contributed by atoms with van der Waals surface area (Å²) >= 11 is 12.7. The van der Waals surface area contributed by atoms with Crippen LogP contribution in [0.4, 0.5) is 8.78 Å². The van der Waals surface area contributed by atoms with Crippen molar-refractivity contribution in [1.29, 1.82) is 0 Å². The summed E-state index contributed by atoms with van der Waals surface area (Å²) < 4.78 is 28.4. The van der Waals surface area contributed by atoms with Gasteiger partial charge in [0, 0.05) is 5.75 Å². The van der Waals surface area contributed by atoms with Gasteiger partial charge >= 0.3 is 0 Å². The molecule has 0 spiro atoms. The van der Waals surface area contributed by atoms with Crippen LogP contribution in [0.5, 0.6) is 0 Å². The normalized spacial score (nSPS) is 11.0. The van der Waals surface area contributed by atoms with Gasteiger partial charge in [0.25, 0.3) is 0 Å². The monoisotopic (exact) mass is 383 g/mol. The Balaban J connectivity index is 1.76. The lowest BCUT2D eigenvalue weighted by Crippen LogP contribution is -2.01. The van der Waals surface area contributed by atoms with Gasteiger partial charge in [-0.2, -0.15) is 5.10 Å². The third kappa shape index (κ3) is 3.85. The molecule has 3 nitrogen and oxygen atoms in total. The van der Waals surface area contributed by atoms with E-state index in [4.69, 9.17) is 23.8 Å². The Bertz CT molecular complexity index is 906. The number of aromatic amines is 1. The molecule has 8 heteroatoms. The van der Waals surface area contributed by atoms with Crippen molar-refractivity contribution in [1.82, 2.24) is 14.8 Å². The van der Waals surface area contributed by atoms with E-state index in [1.165, 1.54) is 24.3 Å². The van der Waals surface area contributed by atoms with Crippen LogP contribution in [0.2, 0.25) is 5.02 Å². The summed E-state index contributed by atoms with van der Waals surface area (Å²) in [5, 5.41) is 6.99. The second kappa shape index (κ2) is 7.46. The van der Waals surface area contributed by atoms with Gasteiger partial charge in [-0.25, -0.2) is 8.78 Å². The quantitative estimate of drug-likeness (QED) is 0.607. The molecule has 124 valence electrons. The zero-order chi connectivity index (χ0) is 17.1. The fourth-order valence-electron chi connectivity index (χ4n) is 2.16. The molecule has 1 heterocycles. The molecule has 0 aliphatic carbocycles. The Labute approximate surface area is 151 Å². The number of nitrogens with zero attached hydrogens (tertiary/aromatic N) is 2. The van der Waals surface area contributed by atoms with Gasteiger partial charge in [-0.05, 0) is 48.1 Å². The Morgan fingerprint density at radius 2 is 1.88 bits per heavy atom. The summed E-state index contributed by atoms with van der Waals surface area (Å²) in [6.45, 7) is 0. The summed E-state index contributed by atoms with van der Waals surface area (Å²) in [6.07, 6.45) is 0. The smallest absolute Gasteiger partial charge is 0.199 e. The van der Waals surface area contributed by atoms with Gasteiger partial charge in [0.15, 0.2) is 4.77 Å². The van der Waals surface area contributed by atoms with Crippen LogP contribution >= 0.6 is 35.6 Å². The minimum atomic E-state index is -0.484. The summed E-state index contributed by atoms with van der Waals surface area (Å²) in [4.78, 5) is 0. The molecule has 0 radical (unpaired) electrons. The van der Waals surface area contributed by atoms with Crippen LogP contribution in [-0.2, 0) is 11.5 Å². The van der Waals surface area contributed by atoms with Crippen molar-refractivity contribution in [2.45, 2.75) is 11.5 Å². The van der Waals surface area contributed by atoms with Gasteiger partial charge in [-0.1, -0.05) is 23.7 Å². The Hall–Kier alpha value is -1.70. The van der Waals surface area contributed by atoms with Crippen molar-refractivity contribution in [3.63, 3.8) is 0 Å². The number of hydrogen-bond donors (Lipinski definition) is 1. The zero-order valence-electron chi connectivity index (χ0n) is 12.3. The van der Waals surface area contributed by atoms with Crippen molar-refractivity contribution < 1.29 is 8.78 Å². The molecule has 3 rings (SSSR count). The number of nitrogens with one attached hydrogen (secondary N) is 1. The van der Waals surface area contributed by atoms with E-state index >= 15 is 0 Å². The molecular formula is C16H12ClF2N3S2. The topological polar surface area (TPSA) is 33.6 Å². The van der Waals surface area contributed by atoms with E-state index in [9.17, 15) is 8.78 Å². The average molecular weight is 384 g/mol. The molecule has 3 aromatic rings. The standard InChI is InChI=1S/C16H12ClF2N3S2/c17-13-7-12(5-6-14(13)19)22-15(20-21-16(22)23)9-24-8-10-1-3-11(18)4-2-10/h1-7H,8-9H2,(H,21,23). The number of rotatable bonds is 5. The van der Waals surface area contributed by atoms with Crippen LogP contribution < -0.4 is 0 Å². The van der Waals surface area contributed by atoms with E-state index in [1.54, 1.807) is 34.5 Å². The van der Waals surface area contributed by atoms with Gasteiger partial charge in [-0.3, -0.25) is 9.67 Å². The lowest BCUT2D eigenvalue weighted by atomic mass is 10.2. The maximum atomic E-state index is 13.3. The molecule has 2 aromatic carbocycles. The first-order valence-corrected chi connectivity index (χ1v) is 8.92. The molecule has 0 unspecified atom stereocenters. The first-order chi connectivity index (χ1) is 11.5. The van der Waals surface area contributed by atoms with E-state index < -0.39 is 5.82 Å². The molecule has 0 amide bonds. The van der Waals surface area contributed by atoms with E-state index in [2.05, 4.69) is 10.2 Å². The highest BCUT2D eigenvalue weighted by molar-refractivity contribution is 7.97. The highest BCUT2D eigenvalue weighted by atomic mass is 35.5. The van der Waals surface area contributed by atoms with Crippen LogP contribution in [0.15, 0.2) is 42.5 Å². The summed E-state index contributed by atoms with van der Waals surface area (Å²) in [5.41, 5.74) is 1.67. The molecule has 0 saturated carbocycles. The van der Waals surface area contributed by atoms with E-state index in [0.717, 1.165) is 5.56 Å². The Morgan fingerprint density at radius 1 is 1.12 bits per heavy atom. The number of H-pyrrole nitrogens is 1. The van der Waals surface area contributed by atoms with Gasteiger partial charge in [-0.15, -0.1) is 11.8 Å². The second-order valence-corrected chi connectivity index (χ2v) is 6.78. The lowest BCUT2D eigenvalue weighted by Gasteiger charge is -2.08. The Kier molecular flexibility index (Phi) is 5.33. The summed E-state index contributed by atoms with van der Waals surface area (Å²) in [6, 6.07) is 10.8. The number of halogens is 3. The number of aromatic nitrogens is 3. The third-order valence-electron chi connectivity index (χ3n) is 3.32. The molecule has 0 bridgehead atoms. The van der Waals surface area contributed by atoms with Gasteiger partial charge in [0.1, 0.15) is 17.5 Å². The molecule has 1 aromatic heterocycles. The van der Waals surface area contributed by atoms with Gasteiger partial charge in [0.05, 0.1) is 16.5 Å².